The summed E-state index contributed by atoms with van der Waals surface area (Å²) in [7, 11) is 1.80. The van der Waals surface area contributed by atoms with Crippen LogP contribution in [0.3, 0.4) is 0 Å². The van der Waals surface area contributed by atoms with Crippen LogP contribution in [-0.2, 0) is 0 Å². The van der Waals surface area contributed by atoms with Gasteiger partial charge in [0.25, 0.3) is 0 Å². The van der Waals surface area contributed by atoms with Crippen LogP contribution in [0.25, 0.3) is 5.70 Å². The first-order valence-corrected chi connectivity index (χ1v) is 7.89. The van der Waals surface area contributed by atoms with Crippen molar-refractivity contribution in [3.63, 3.8) is 0 Å². The highest BCUT2D eigenvalue weighted by Crippen LogP contribution is 2.26. The van der Waals surface area contributed by atoms with Crippen LogP contribution in [0.15, 0.2) is 46.9 Å². The first-order valence-electron chi connectivity index (χ1n) is 6.72. The molecule has 3 nitrogen and oxygen atoms in total. The van der Waals surface area contributed by atoms with Crippen molar-refractivity contribution in [2.45, 2.75) is 6.92 Å². The second-order valence-corrected chi connectivity index (χ2v) is 6.14. The maximum absolute atomic E-state index is 13.8. The molecule has 0 aromatic heterocycles. The lowest BCUT2D eigenvalue weighted by atomic mass is 10.1. The van der Waals surface area contributed by atoms with Gasteiger partial charge in [0, 0.05) is 33.5 Å². The minimum atomic E-state index is -0.300. The Bertz CT molecular complexity index is 683. The Balaban J connectivity index is 0.00000127. The third-order valence-corrected chi connectivity index (χ3v) is 3.56. The van der Waals surface area contributed by atoms with Gasteiger partial charge in [0.2, 0.25) is 0 Å². The summed E-state index contributed by atoms with van der Waals surface area (Å²) in [6, 6.07) is 12.1. The van der Waals surface area contributed by atoms with Crippen molar-refractivity contribution in [2.75, 3.05) is 12.4 Å². The van der Waals surface area contributed by atoms with Gasteiger partial charge in [0.05, 0.1) is 5.70 Å². The molecule has 3 N–H and O–H groups in total. The van der Waals surface area contributed by atoms with Crippen LogP contribution in [0.4, 0.5) is 15.8 Å². The molecule has 23 heavy (non-hydrogen) atoms. The predicted molar refractivity (Wildman–Crippen MR) is 102 cm³/mol. The number of allylic oxidation sites excluding steroid dienone is 1. The fourth-order valence-electron chi connectivity index (χ4n) is 2.02. The Hall–Kier alpha value is -1.85. The molecule has 0 saturated carbocycles. The minimum absolute atomic E-state index is 0.300. The topological polar surface area (TPSA) is 47.9 Å². The van der Waals surface area contributed by atoms with Crippen LogP contribution < -0.4 is 10.6 Å². The molecule has 0 aliphatic heterocycles. The van der Waals surface area contributed by atoms with E-state index in [-0.39, 0.29) is 5.82 Å². The van der Waals surface area contributed by atoms with Crippen LogP contribution in [0.2, 0.25) is 5.02 Å². The van der Waals surface area contributed by atoms with Gasteiger partial charge in [-0.05, 0) is 56.1 Å². The van der Waals surface area contributed by atoms with Gasteiger partial charge in [0.15, 0.2) is 0 Å². The van der Waals surface area contributed by atoms with Crippen LogP contribution in [-0.4, -0.2) is 13.8 Å². The first-order chi connectivity index (χ1) is 11.0. The molecule has 0 aliphatic carbocycles. The lowest BCUT2D eigenvalue weighted by Gasteiger charge is -2.12. The van der Waals surface area contributed by atoms with Gasteiger partial charge in [0.1, 0.15) is 5.82 Å². The summed E-state index contributed by atoms with van der Waals surface area (Å²) in [6.07, 6.45) is 0. The van der Waals surface area contributed by atoms with Gasteiger partial charge in [-0.25, -0.2) is 4.39 Å². The monoisotopic (exact) mass is 397 g/mol. The lowest BCUT2D eigenvalue weighted by Crippen LogP contribution is -2.06. The summed E-state index contributed by atoms with van der Waals surface area (Å²) in [5.41, 5.74) is 3.13. The summed E-state index contributed by atoms with van der Waals surface area (Å²) in [5, 5.41) is 12.4. The van der Waals surface area contributed by atoms with Gasteiger partial charge in [-0.1, -0.05) is 27.5 Å². The second-order valence-electron chi connectivity index (χ2n) is 4.52. The largest absolute Gasteiger partial charge is 0.387 e. The molecule has 6 heteroatoms. The Morgan fingerprint density at radius 1 is 1.13 bits per heavy atom. The molecule has 0 unspecified atom stereocenters. The van der Waals surface area contributed by atoms with Crippen molar-refractivity contribution in [1.82, 2.24) is 5.32 Å². The molecular weight excluding hydrogens is 381 g/mol. The number of nitrogens with one attached hydrogen (secondary N) is 3. The van der Waals surface area contributed by atoms with Crippen LogP contribution >= 0.6 is 27.5 Å². The number of halogens is 3. The van der Waals surface area contributed by atoms with E-state index in [4.69, 9.17) is 17.0 Å². The Morgan fingerprint density at radius 3 is 2.26 bits per heavy atom. The van der Waals surface area contributed by atoms with Crippen molar-refractivity contribution >= 4 is 51.3 Å². The molecular formula is C17H18BrClFN3. The molecule has 0 amide bonds. The molecule has 0 radical (unpaired) electrons. The zero-order valence-electron chi connectivity index (χ0n) is 12.9. The normalized spacial score (nSPS) is 11.0. The molecule has 0 aliphatic rings. The van der Waals surface area contributed by atoms with Crippen LogP contribution in [0, 0.1) is 11.2 Å². The quantitative estimate of drug-likeness (QED) is 0.571. The molecule has 0 spiro atoms. The zero-order valence-corrected chi connectivity index (χ0v) is 15.2. The van der Waals surface area contributed by atoms with E-state index < -0.39 is 0 Å². The molecule has 0 atom stereocenters. The van der Waals surface area contributed by atoms with Crippen LogP contribution in [0.5, 0.6) is 0 Å². The van der Waals surface area contributed by atoms with E-state index in [2.05, 4.69) is 33.3 Å². The average Bonchev–Trinajstić information content (AvgIpc) is 2.51. The van der Waals surface area contributed by atoms with E-state index in [1.807, 2.05) is 25.1 Å². The predicted octanol–water partition coefficient (Wildman–Crippen LogP) is 5.79. The van der Waals surface area contributed by atoms with Gasteiger partial charge >= 0.3 is 0 Å². The van der Waals surface area contributed by atoms with Crippen molar-refractivity contribution in [3.8, 4) is 0 Å². The zero-order chi connectivity index (χ0) is 17.4. The Morgan fingerprint density at radius 2 is 1.74 bits per heavy atom. The van der Waals surface area contributed by atoms with Crippen molar-refractivity contribution in [3.05, 3.63) is 63.4 Å². The highest BCUT2D eigenvalue weighted by atomic mass is 79.9. The van der Waals surface area contributed by atoms with E-state index in [1.165, 1.54) is 12.1 Å². The fourth-order valence-corrected chi connectivity index (χ4v) is 2.57. The third-order valence-electron chi connectivity index (χ3n) is 2.91. The third kappa shape index (κ3) is 5.69. The molecule has 2 rings (SSSR count). The Kier molecular flexibility index (Phi) is 7.78. The van der Waals surface area contributed by atoms with Crippen molar-refractivity contribution in [2.24, 2.45) is 0 Å². The van der Waals surface area contributed by atoms with E-state index in [1.54, 1.807) is 19.2 Å². The van der Waals surface area contributed by atoms with Gasteiger partial charge in [-0.3, -0.25) is 0 Å². The van der Waals surface area contributed by atoms with Crippen LogP contribution in [0.1, 0.15) is 12.5 Å². The molecule has 0 saturated heterocycles. The van der Waals surface area contributed by atoms with Gasteiger partial charge in [-0.15, -0.1) is 0 Å². The number of rotatable bonds is 4. The highest BCUT2D eigenvalue weighted by Gasteiger charge is 2.07. The summed E-state index contributed by atoms with van der Waals surface area (Å²) >= 11 is 9.27. The smallest absolute Gasteiger partial charge is 0.125 e. The van der Waals surface area contributed by atoms with Gasteiger partial charge in [-0.2, -0.15) is 0 Å². The van der Waals surface area contributed by atoms with Crippen molar-refractivity contribution < 1.29 is 4.39 Å². The molecule has 2 aromatic rings. The molecule has 0 heterocycles. The standard InChI is InChI=1S/C16H15BrClFN2.CH3N/c1-10(17)16(20-2)11-7-13(19)9-15(8-11)21-14-5-3-12(18)4-6-14;1-2/h3-9,20-21H,1-2H3;2H,1H2/b16-10+;. The van der Waals surface area contributed by atoms with E-state index in [9.17, 15) is 4.39 Å². The van der Waals surface area contributed by atoms with E-state index in [0.717, 1.165) is 21.4 Å². The summed E-state index contributed by atoms with van der Waals surface area (Å²) < 4.78 is 14.7. The Labute approximate surface area is 149 Å². The minimum Gasteiger partial charge on any atom is -0.387 e. The maximum atomic E-state index is 13.8. The maximum Gasteiger partial charge on any atom is 0.125 e. The SMILES string of the molecule is C=N.CN/C(=C(\C)Br)c1cc(F)cc(Nc2ccc(Cl)cc2)c1. The molecule has 2 aromatic carbocycles. The van der Waals surface area contributed by atoms with E-state index >= 15 is 0 Å². The number of hydrogen-bond donors (Lipinski definition) is 3. The lowest BCUT2D eigenvalue weighted by molar-refractivity contribution is 0.628. The number of hydrogen-bond acceptors (Lipinski definition) is 3. The van der Waals surface area contributed by atoms with Crippen molar-refractivity contribution in [1.29, 1.82) is 5.41 Å². The number of benzene rings is 2. The number of anilines is 2. The fraction of sp³-hybridized carbons (Fsp3) is 0.118. The summed E-state index contributed by atoms with van der Waals surface area (Å²) in [5.74, 6) is -0.300. The average molecular weight is 399 g/mol. The first kappa shape index (κ1) is 19.2. The second kappa shape index (κ2) is 9.33. The molecule has 122 valence electrons. The summed E-state index contributed by atoms with van der Waals surface area (Å²) in [6.45, 7) is 4.41. The van der Waals surface area contributed by atoms with E-state index in [0.29, 0.717) is 10.7 Å². The highest BCUT2D eigenvalue weighted by molar-refractivity contribution is 9.11. The van der Waals surface area contributed by atoms with Gasteiger partial charge < -0.3 is 16.0 Å². The summed E-state index contributed by atoms with van der Waals surface area (Å²) in [4.78, 5) is 0. The molecule has 0 bridgehead atoms. The molecule has 0 fully saturated rings.